The molecule has 0 aromatic heterocycles. The van der Waals surface area contributed by atoms with Gasteiger partial charge in [0.25, 0.3) is 0 Å². The van der Waals surface area contributed by atoms with Gasteiger partial charge < -0.3 is 5.11 Å². The van der Waals surface area contributed by atoms with Crippen LogP contribution in [0.3, 0.4) is 0 Å². The first kappa shape index (κ1) is 9.03. The number of hydrogen-bond acceptors (Lipinski definition) is 2. The van der Waals surface area contributed by atoms with Crippen molar-refractivity contribution in [2.45, 2.75) is 29.8 Å². The third-order valence-electron chi connectivity index (χ3n) is 2.63. The molecule has 1 saturated carbocycles. The molecule has 2 rings (SSSR count). The van der Waals surface area contributed by atoms with E-state index in [9.17, 15) is 9.50 Å². The first-order valence-electron chi connectivity index (χ1n) is 4.33. The zero-order valence-corrected chi connectivity index (χ0v) is 8.02. The van der Waals surface area contributed by atoms with Gasteiger partial charge in [0, 0.05) is 10.5 Å². The van der Waals surface area contributed by atoms with Crippen LogP contribution in [0.15, 0.2) is 23.1 Å². The lowest BCUT2D eigenvalue weighted by atomic mass is 9.75. The molecule has 1 aromatic carbocycles. The van der Waals surface area contributed by atoms with Crippen molar-refractivity contribution in [3.63, 3.8) is 0 Å². The van der Waals surface area contributed by atoms with E-state index in [1.165, 1.54) is 6.07 Å². The van der Waals surface area contributed by atoms with Crippen molar-refractivity contribution in [1.82, 2.24) is 0 Å². The molecule has 0 unspecified atom stereocenters. The number of hydrogen-bond donors (Lipinski definition) is 2. The summed E-state index contributed by atoms with van der Waals surface area (Å²) in [5.74, 6) is -0.352. The van der Waals surface area contributed by atoms with E-state index in [-0.39, 0.29) is 5.82 Å². The lowest BCUT2D eigenvalue weighted by Gasteiger charge is -2.37. The topological polar surface area (TPSA) is 20.2 Å². The first-order valence-corrected chi connectivity index (χ1v) is 4.78. The predicted octanol–water partition coefficient (Wildman–Crippen LogP) is 2.49. The van der Waals surface area contributed by atoms with Gasteiger partial charge in [0.1, 0.15) is 5.82 Å². The van der Waals surface area contributed by atoms with Crippen LogP contribution in [0.5, 0.6) is 0 Å². The van der Waals surface area contributed by atoms with Crippen LogP contribution < -0.4 is 0 Å². The maximum Gasteiger partial charge on any atom is 0.130 e. The second-order valence-corrected chi connectivity index (χ2v) is 4.07. The van der Waals surface area contributed by atoms with E-state index >= 15 is 0 Å². The standard InChI is InChI=1S/C10H11FOS/c11-9-6-7(13)2-3-8(9)10(12)4-1-5-10/h2-3,6,12-13H,1,4-5H2. The van der Waals surface area contributed by atoms with Crippen molar-refractivity contribution < 1.29 is 9.50 Å². The Morgan fingerprint density at radius 3 is 2.54 bits per heavy atom. The molecule has 0 aliphatic heterocycles. The van der Waals surface area contributed by atoms with Crippen LogP contribution >= 0.6 is 12.6 Å². The van der Waals surface area contributed by atoms with Crippen LogP contribution in [0.1, 0.15) is 24.8 Å². The van der Waals surface area contributed by atoms with Gasteiger partial charge >= 0.3 is 0 Å². The lowest BCUT2D eigenvalue weighted by Crippen LogP contribution is -2.34. The van der Waals surface area contributed by atoms with Crippen LogP contribution in [0.4, 0.5) is 4.39 Å². The fraction of sp³-hybridized carbons (Fsp3) is 0.400. The Morgan fingerprint density at radius 1 is 1.38 bits per heavy atom. The summed E-state index contributed by atoms with van der Waals surface area (Å²) >= 11 is 4.02. The quantitative estimate of drug-likeness (QED) is 0.664. The molecular formula is C10H11FOS. The van der Waals surface area contributed by atoms with E-state index < -0.39 is 5.60 Å². The molecule has 0 atom stereocenters. The maximum atomic E-state index is 13.4. The summed E-state index contributed by atoms with van der Waals surface area (Å²) in [6.45, 7) is 0. The van der Waals surface area contributed by atoms with Crippen LogP contribution in [-0.4, -0.2) is 5.11 Å². The smallest absolute Gasteiger partial charge is 0.130 e. The minimum Gasteiger partial charge on any atom is -0.385 e. The highest BCUT2D eigenvalue weighted by atomic mass is 32.1. The largest absolute Gasteiger partial charge is 0.385 e. The van der Waals surface area contributed by atoms with Gasteiger partial charge in [-0.15, -0.1) is 12.6 Å². The molecule has 0 amide bonds. The average Bonchev–Trinajstić information content (AvgIpc) is 2.00. The van der Waals surface area contributed by atoms with Gasteiger partial charge in [0.2, 0.25) is 0 Å². The summed E-state index contributed by atoms with van der Waals surface area (Å²) in [7, 11) is 0. The van der Waals surface area contributed by atoms with Gasteiger partial charge in [-0.25, -0.2) is 4.39 Å². The molecule has 0 bridgehead atoms. The minimum atomic E-state index is -0.911. The van der Waals surface area contributed by atoms with Crippen LogP contribution in [0, 0.1) is 5.82 Å². The van der Waals surface area contributed by atoms with E-state index in [0.717, 1.165) is 6.42 Å². The maximum absolute atomic E-state index is 13.4. The molecule has 1 fully saturated rings. The van der Waals surface area contributed by atoms with Gasteiger partial charge in [-0.05, 0) is 31.4 Å². The molecule has 13 heavy (non-hydrogen) atoms. The van der Waals surface area contributed by atoms with E-state index in [0.29, 0.717) is 23.3 Å². The van der Waals surface area contributed by atoms with E-state index in [4.69, 9.17) is 0 Å². The summed E-state index contributed by atoms with van der Waals surface area (Å²) < 4.78 is 13.4. The Kier molecular flexibility index (Phi) is 2.08. The van der Waals surface area contributed by atoms with Crippen LogP contribution in [0.2, 0.25) is 0 Å². The van der Waals surface area contributed by atoms with E-state index in [1.807, 2.05) is 0 Å². The van der Waals surface area contributed by atoms with Gasteiger partial charge in [-0.1, -0.05) is 6.07 Å². The Bertz CT molecular complexity index is 334. The molecule has 70 valence electrons. The van der Waals surface area contributed by atoms with Crippen molar-refractivity contribution in [2.75, 3.05) is 0 Å². The molecular weight excluding hydrogens is 187 g/mol. The number of halogens is 1. The second kappa shape index (κ2) is 3.00. The normalized spacial score (nSPS) is 19.6. The predicted molar refractivity (Wildman–Crippen MR) is 51.4 cm³/mol. The zero-order valence-electron chi connectivity index (χ0n) is 7.13. The second-order valence-electron chi connectivity index (χ2n) is 3.55. The first-order chi connectivity index (χ1) is 6.12. The summed E-state index contributed by atoms with van der Waals surface area (Å²) in [5, 5.41) is 9.89. The van der Waals surface area contributed by atoms with Crippen molar-refractivity contribution in [3.8, 4) is 0 Å². The zero-order chi connectivity index (χ0) is 9.47. The molecule has 1 nitrogen and oxygen atoms in total. The minimum absolute atomic E-state index is 0.352. The molecule has 1 aliphatic rings. The van der Waals surface area contributed by atoms with Crippen molar-refractivity contribution >= 4 is 12.6 Å². The monoisotopic (exact) mass is 198 g/mol. The molecule has 1 aromatic rings. The molecule has 0 saturated heterocycles. The lowest BCUT2D eigenvalue weighted by molar-refractivity contribution is -0.0417. The van der Waals surface area contributed by atoms with Gasteiger partial charge in [-0.3, -0.25) is 0 Å². The fourth-order valence-corrected chi connectivity index (χ4v) is 1.85. The highest BCUT2D eigenvalue weighted by Crippen LogP contribution is 2.42. The van der Waals surface area contributed by atoms with Gasteiger partial charge in [0.15, 0.2) is 0 Å². The Hall–Kier alpha value is -0.540. The molecule has 1 aliphatic carbocycles. The Morgan fingerprint density at radius 2 is 2.08 bits per heavy atom. The highest BCUT2D eigenvalue weighted by Gasteiger charge is 2.38. The summed E-state index contributed by atoms with van der Waals surface area (Å²) in [6, 6.07) is 4.67. The number of aliphatic hydroxyl groups is 1. The SMILES string of the molecule is OC1(c2ccc(S)cc2F)CCC1. The molecule has 0 spiro atoms. The summed E-state index contributed by atoms with van der Waals surface area (Å²) in [4.78, 5) is 0.587. The van der Waals surface area contributed by atoms with Gasteiger partial charge in [0.05, 0.1) is 5.60 Å². The highest BCUT2D eigenvalue weighted by molar-refractivity contribution is 7.80. The summed E-state index contributed by atoms with van der Waals surface area (Å²) in [5.41, 5.74) is -0.498. The third kappa shape index (κ3) is 1.46. The Labute approximate surface area is 82.0 Å². The summed E-state index contributed by atoms with van der Waals surface area (Å²) in [6.07, 6.45) is 2.30. The molecule has 1 N–H and O–H groups in total. The van der Waals surface area contributed by atoms with Crippen LogP contribution in [-0.2, 0) is 5.60 Å². The molecule has 0 heterocycles. The average molecular weight is 198 g/mol. The molecule has 0 radical (unpaired) electrons. The van der Waals surface area contributed by atoms with E-state index in [2.05, 4.69) is 12.6 Å². The number of benzene rings is 1. The Balaban J connectivity index is 2.40. The van der Waals surface area contributed by atoms with Crippen molar-refractivity contribution in [2.24, 2.45) is 0 Å². The third-order valence-corrected chi connectivity index (χ3v) is 2.91. The molecule has 3 heteroatoms. The van der Waals surface area contributed by atoms with Crippen molar-refractivity contribution in [3.05, 3.63) is 29.6 Å². The number of rotatable bonds is 1. The number of thiol groups is 1. The van der Waals surface area contributed by atoms with Crippen molar-refractivity contribution in [1.29, 1.82) is 0 Å². The van der Waals surface area contributed by atoms with Crippen LogP contribution in [0.25, 0.3) is 0 Å². The van der Waals surface area contributed by atoms with E-state index in [1.54, 1.807) is 12.1 Å². The fourth-order valence-electron chi connectivity index (χ4n) is 1.66. The van der Waals surface area contributed by atoms with Gasteiger partial charge in [-0.2, -0.15) is 0 Å².